The first-order valence-corrected chi connectivity index (χ1v) is 8.29. The zero-order valence-corrected chi connectivity index (χ0v) is 13.8. The number of fused-ring (bicyclic) bond motifs is 1. The van der Waals surface area contributed by atoms with Gasteiger partial charge in [-0.25, -0.2) is 0 Å². The van der Waals surface area contributed by atoms with Gasteiger partial charge in [0.2, 0.25) is 0 Å². The predicted molar refractivity (Wildman–Crippen MR) is 92.7 cm³/mol. The number of carbonyl (C=O) groups excluding carboxylic acids is 1. The number of anilines is 1. The summed E-state index contributed by atoms with van der Waals surface area (Å²) in [7, 11) is 0. The molecule has 120 valence electrons. The highest BCUT2D eigenvalue weighted by Crippen LogP contribution is 2.21. The highest BCUT2D eigenvalue weighted by Gasteiger charge is 2.22. The minimum Gasteiger partial charge on any atom is -0.371 e. The van der Waals surface area contributed by atoms with Crippen LogP contribution in [0.3, 0.4) is 0 Å². The summed E-state index contributed by atoms with van der Waals surface area (Å²) in [6.07, 6.45) is 4.43. The van der Waals surface area contributed by atoms with Crippen LogP contribution in [0.25, 0.3) is 0 Å². The first-order valence-electron chi connectivity index (χ1n) is 8.29. The van der Waals surface area contributed by atoms with Crippen LogP contribution in [-0.4, -0.2) is 35.4 Å². The lowest BCUT2D eigenvalue weighted by molar-refractivity contribution is 0.0734. The molecule has 4 nitrogen and oxygen atoms in total. The predicted octanol–water partition coefficient (Wildman–Crippen LogP) is 3.13. The lowest BCUT2D eigenvalue weighted by Gasteiger charge is -2.29. The summed E-state index contributed by atoms with van der Waals surface area (Å²) in [6, 6.07) is 10.3. The molecule has 1 aliphatic heterocycles. The Morgan fingerprint density at radius 1 is 1.17 bits per heavy atom. The smallest absolute Gasteiger partial charge is 0.255 e. The fourth-order valence-electron chi connectivity index (χ4n) is 3.16. The van der Waals surface area contributed by atoms with Crippen molar-refractivity contribution in [2.75, 3.05) is 24.5 Å². The van der Waals surface area contributed by atoms with Gasteiger partial charge >= 0.3 is 0 Å². The van der Waals surface area contributed by atoms with Crippen molar-refractivity contribution >= 4 is 11.6 Å². The summed E-state index contributed by atoms with van der Waals surface area (Å²) in [5.41, 5.74) is 4.29. The van der Waals surface area contributed by atoms with E-state index in [9.17, 15) is 4.79 Å². The van der Waals surface area contributed by atoms with E-state index in [4.69, 9.17) is 0 Å². The van der Waals surface area contributed by atoms with Gasteiger partial charge in [0, 0.05) is 32.4 Å². The minimum atomic E-state index is 0.0704. The maximum Gasteiger partial charge on any atom is 0.255 e. The number of pyridine rings is 1. The third-order valence-electron chi connectivity index (χ3n) is 4.52. The summed E-state index contributed by atoms with van der Waals surface area (Å²) >= 11 is 0. The van der Waals surface area contributed by atoms with Gasteiger partial charge in [0.1, 0.15) is 0 Å². The molecule has 4 heteroatoms. The number of carbonyl (C=O) groups is 1. The quantitative estimate of drug-likeness (QED) is 0.870. The molecule has 1 aromatic heterocycles. The molecule has 0 radical (unpaired) electrons. The number of benzene rings is 1. The highest BCUT2D eigenvalue weighted by atomic mass is 16.2. The average Bonchev–Trinajstić information content (AvgIpc) is 2.62. The van der Waals surface area contributed by atoms with Crippen LogP contribution in [0.15, 0.2) is 42.7 Å². The van der Waals surface area contributed by atoms with Crippen LogP contribution in [0, 0.1) is 0 Å². The van der Waals surface area contributed by atoms with Crippen LogP contribution in [-0.2, 0) is 13.0 Å². The molecule has 0 spiro atoms. The van der Waals surface area contributed by atoms with Crippen LogP contribution < -0.4 is 4.90 Å². The third kappa shape index (κ3) is 3.21. The third-order valence-corrected chi connectivity index (χ3v) is 4.52. The Kier molecular flexibility index (Phi) is 4.60. The van der Waals surface area contributed by atoms with E-state index in [-0.39, 0.29) is 5.91 Å². The number of aromatic nitrogens is 1. The van der Waals surface area contributed by atoms with Crippen molar-refractivity contribution in [3.8, 4) is 0 Å². The van der Waals surface area contributed by atoms with Crippen LogP contribution in [0.5, 0.6) is 0 Å². The van der Waals surface area contributed by atoms with Crippen molar-refractivity contribution in [3.63, 3.8) is 0 Å². The zero-order valence-electron chi connectivity index (χ0n) is 13.8. The molecular weight excluding hydrogens is 286 g/mol. The lowest BCUT2D eigenvalue weighted by Crippen LogP contribution is -2.36. The summed E-state index contributed by atoms with van der Waals surface area (Å²) in [5, 5.41) is 0. The molecule has 3 rings (SSSR count). The minimum absolute atomic E-state index is 0.0704. The summed E-state index contributed by atoms with van der Waals surface area (Å²) in [5.74, 6) is 0.0704. The largest absolute Gasteiger partial charge is 0.371 e. The van der Waals surface area contributed by atoms with Crippen LogP contribution >= 0.6 is 0 Å². The van der Waals surface area contributed by atoms with Crippen molar-refractivity contribution in [1.29, 1.82) is 0 Å². The molecule has 0 atom stereocenters. The SMILES string of the molecule is CCN(CC)c1cncc(C(=O)N2CCc3ccccc3C2)c1. The lowest BCUT2D eigenvalue weighted by atomic mass is 9.99. The number of hydrogen-bond acceptors (Lipinski definition) is 3. The van der Waals surface area contributed by atoms with E-state index >= 15 is 0 Å². The van der Waals surface area contributed by atoms with Crippen LogP contribution in [0.2, 0.25) is 0 Å². The fraction of sp³-hybridized carbons (Fsp3) is 0.368. The first kappa shape index (κ1) is 15.5. The van der Waals surface area contributed by atoms with Gasteiger partial charge in [0.05, 0.1) is 17.4 Å². The van der Waals surface area contributed by atoms with E-state index < -0.39 is 0 Å². The molecule has 2 aromatic rings. The molecule has 0 saturated heterocycles. The Balaban J connectivity index is 1.80. The molecule has 0 fully saturated rings. The number of hydrogen-bond donors (Lipinski definition) is 0. The molecule has 0 N–H and O–H groups in total. The number of amides is 1. The molecule has 0 aliphatic carbocycles. The Hall–Kier alpha value is -2.36. The monoisotopic (exact) mass is 309 g/mol. The Labute approximate surface area is 137 Å². The Bertz CT molecular complexity index is 695. The molecule has 0 bridgehead atoms. The van der Waals surface area contributed by atoms with Gasteiger partial charge in [0.15, 0.2) is 0 Å². The van der Waals surface area contributed by atoms with Crippen molar-refractivity contribution in [3.05, 3.63) is 59.4 Å². The van der Waals surface area contributed by atoms with E-state index in [2.05, 4.69) is 41.9 Å². The van der Waals surface area contributed by atoms with E-state index in [1.165, 1.54) is 11.1 Å². The Morgan fingerprint density at radius 2 is 1.91 bits per heavy atom. The van der Waals surface area contributed by atoms with E-state index in [0.29, 0.717) is 12.1 Å². The molecule has 23 heavy (non-hydrogen) atoms. The van der Waals surface area contributed by atoms with Gasteiger partial charge in [-0.3, -0.25) is 9.78 Å². The van der Waals surface area contributed by atoms with E-state index in [1.807, 2.05) is 23.2 Å². The van der Waals surface area contributed by atoms with Gasteiger partial charge in [-0.2, -0.15) is 0 Å². The van der Waals surface area contributed by atoms with Crippen LogP contribution in [0.4, 0.5) is 5.69 Å². The number of rotatable bonds is 4. The Morgan fingerprint density at radius 3 is 2.65 bits per heavy atom. The average molecular weight is 309 g/mol. The van der Waals surface area contributed by atoms with Gasteiger partial charge in [-0.1, -0.05) is 24.3 Å². The van der Waals surface area contributed by atoms with Gasteiger partial charge in [-0.05, 0) is 37.5 Å². The van der Waals surface area contributed by atoms with Gasteiger partial charge in [0.25, 0.3) is 5.91 Å². The van der Waals surface area contributed by atoms with Crippen molar-refractivity contribution in [2.24, 2.45) is 0 Å². The summed E-state index contributed by atoms with van der Waals surface area (Å²) in [4.78, 5) is 21.2. The summed E-state index contributed by atoms with van der Waals surface area (Å²) < 4.78 is 0. The second-order valence-electron chi connectivity index (χ2n) is 5.85. The van der Waals surface area contributed by atoms with Gasteiger partial charge in [-0.15, -0.1) is 0 Å². The van der Waals surface area contributed by atoms with E-state index in [1.54, 1.807) is 6.20 Å². The van der Waals surface area contributed by atoms with Crippen molar-refractivity contribution in [2.45, 2.75) is 26.8 Å². The normalized spacial score (nSPS) is 13.6. The number of nitrogens with zero attached hydrogens (tertiary/aromatic N) is 3. The highest BCUT2D eigenvalue weighted by molar-refractivity contribution is 5.95. The standard InChI is InChI=1S/C19H23N3O/c1-3-21(4-2)18-11-17(12-20-13-18)19(23)22-10-9-15-7-5-6-8-16(15)14-22/h5-8,11-13H,3-4,9-10,14H2,1-2H3. The topological polar surface area (TPSA) is 36.4 Å². The maximum atomic E-state index is 12.8. The van der Waals surface area contributed by atoms with E-state index in [0.717, 1.165) is 31.7 Å². The first-order chi connectivity index (χ1) is 11.2. The van der Waals surface area contributed by atoms with Crippen molar-refractivity contribution in [1.82, 2.24) is 9.88 Å². The zero-order chi connectivity index (χ0) is 16.2. The molecule has 1 amide bonds. The van der Waals surface area contributed by atoms with Crippen LogP contribution in [0.1, 0.15) is 35.3 Å². The fourth-order valence-corrected chi connectivity index (χ4v) is 3.16. The molecular formula is C19H23N3O. The molecule has 0 unspecified atom stereocenters. The molecule has 1 aliphatic rings. The maximum absolute atomic E-state index is 12.8. The molecule has 1 aromatic carbocycles. The summed E-state index contributed by atoms with van der Waals surface area (Å²) in [6.45, 7) is 7.49. The van der Waals surface area contributed by atoms with Crippen molar-refractivity contribution < 1.29 is 4.79 Å². The van der Waals surface area contributed by atoms with Gasteiger partial charge < -0.3 is 9.80 Å². The second-order valence-corrected chi connectivity index (χ2v) is 5.85. The molecule has 2 heterocycles. The molecule has 0 saturated carbocycles. The second kappa shape index (κ2) is 6.82.